The number of alkyl halides is 3. The quantitative estimate of drug-likeness (QED) is 0.694. The maximum Gasteiger partial charge on any atom is 0.573 e. The van der Waals surface area contributed by atoms with Gasteiger partial charge in [-0.3, -0.25) is 0 Å². The van der Waals surface area contributed by atoms with Crippen LogP contribution in [0.5, 0.6) is 5.75 Å². The summed E-state index contributed by atoms with van der Waals surface area (Å²) in [6.45, 7) is 1.75. The standard InChI is InChI=1S/C9H8F3O/c1-2-7-5-3-4-6-8(7)13-9(10,11)12/h3-4,6H,2H2,1H3. The van der Waals surface area contributed by atoms with Crippen LogP contribution >= 0.6 is 0 Å². The summed E-state index contributed by atoms with van der Waals surface area (Å²) in [6.07, 6.45) is -4.16. The molecule has 1 nitrogen and oxygen atoms in total. The molecule has 1 radical (unpaired) electrons. The van der Waals surface area contributed by atoms with Gasteiger partial charge in [0, 0.05) is 5.56 Å². The van der Waals surface area contributed by atoms with Gasteiger partial charge in [-0.15, -0.1) is 13.2 Å². The Labute approximate surface area is 74.1 Å². The molecule has 0 N–H and O–H groups in total. The van der Waals surface area contributed by atoms with Crippen molar-refractivity contribution in [2.75, 3.05) is 0 Å². The highest BCUT2D eigenvalue weighted by Gasteiger charge is 2.31. The zero-order valence-electron chi connectivity index (χ0n) is 6.98. The summed E-state index contributed by atoms with van der Waals surface area (Å²) in [5, 5.41) is 0. The molecule has 13 heavy (non-hydrogen) atoms. The number of hydrogen-bond acceptors (Lipinski definition) is 1. The molecule has 0 amide bonds. The Morgan fingerprint density at radius 2 is 2.15 bits per heavy atom. The van der Waals surface area contributed by atoms with E-state index in [1.807, 2.05) is 0 Å². The highest BCUT2D eigenvalue weighted by molar-refractivity contribution is 5.32. The molecule has 1 aromatic rings. The summed E-state index contributed by atoms with van der Waals surface area (Å²) in [5.74, 6) is -0.169. The predicted octanol–water partition coefficient (Wildman–Crippen LogP) is 2.95. The van der Waals surface area contributed by atoms with E-state index < -0.39 is 6.36 Å². The molecular weight excluding hydrogens is 181 g/mol. The summed E-state index contributed by atoms with van der Waals surface area (Å²) >= 11 is 0. The van der Waals surface area contributed by atoms with Crippen LogP contribution in [0, 0.1) is 6.07 Å². The molecule has 0 aromatic heterocycles. The lowest BCUT2D eigenvalue weighted by Crippen LogP contribution is -2.18. The highest BCUT2D eigenvalue weighted by Crippen LogP contribution is 2.25. The number of aryl methyl sites for hydroxylation is 1. The molecule has 1 rings (SSSR count). The number of rotatable bonds is 2. The van der Waals surface area contributed by atoms with Gasteiger partial charge in [0.2, 0.25) is 0 Å². The van der Waals surface area contributed by atoms with E-state index in [-0.39, 0.29) is 5.75 Å². The number of ether oxygens (including phenoxy) is 1. The van der Waals surface area contributed by atoms with Gasteiger partial charge in [-0.25, -0.2) is 0 Å². The molecule has 71 valence electrons. The zero-order valence-corrected chi connectivity index (χ0v) is 6.98. The summed E-state index contributed by atoms with van der Waals surface area (Å²) in [5.41, 5.74) is 0.430. The molecule has 0 aliphatic carbocycles. The van der Waals surface area contributed by atoms with Crippen molar-refractivity contribution in [3.8, 4) is 5.75 Å². The van der Waals surface area contributed by atoms with Crippen LogP contribution in [0.4, 0.5) is 13.2 Å². The maximum absolute atomic E-state index is 11.8. The second kappa shape index (κ2) is 3.68. The van der Waals surface area contributed by atoms with E-state index in [4.69, 9.17) is 0 Å². The summed E-state index contributed by atoms with van der Waals surface area (Å²) in [7, 11) is 0. The summed E-state index contributed by atoms with van der Waals surface area (Å²) in [4.78, 5) is 0. The molecule has 1 aromatic carbocycles. The molecular formula is C9H8F3O. The third kappa shape index (κ3) is 2.97. The SMILES string of the molecule is CCc1[c]cccc1OC(F)(F)F. The van der Waals surface area contributed by atoms with Crippen molar-refractivity contribution in [2.24, 2.45) is 0 Å². The lowest BCUT2D eigenvalue weighted by molar-refractivity contribution is -0.274. The first kappa shape index (κ1) is 9.89. The zero-order chi connectivity index (χ0) is 9.90. The van der Waals surface area contributed by atoms with Crippen molar-refractivity contribution in [1.29, 1.82) is 0 Å². The molecule has 0 aliphatic rings. The van der Waals surface area contributed by atoms with Crippen molar-refractivity contribution in [3.63, 3.8) is 0 Å². The monoisotopic (exact) mass is 189 g/mol. The Kier molecular flexibility index (Phi) is 2.80. The molecule has 0 bridgehead atoms. The van der Waals surface area contributed by atoms with Crippen LogP contribution in [-0.2, 0) is 6.42 Å². The molecule has 0 heterocycles. The van der Waals surface area contributed by atoms with E-state index in [1.165, 1.54) is 12.1 Å². The smallest absolute Gasteiger partial charge is 0.405 e. The Morgan fingerprint density at radius 3 is 2.69 bits per heavy atom. The third-order valence-corrected chi connectivity index (χ3v) is 1.48. The minimum atomic E-state index is -4.63. The average Bonchev–Trinajstić information content (AvgIpc) is 2.02. The maximum atomic E-state index is 11.8. The molecule has 0 saturated carbocycles. The van der Waals surface area contributed by atoms with Gasteiger partial charge in [0.25, 0.3) is 0 Å². The van der Waals surface area contributed by atoms with Crippen LogP contribution in [0.3, 0.4) is 0 Å². The Balaban J connectivity index is 2.87. The van der Waals surface area contributed by atoms with Gasteiger partial charge in [0.05, 0.1) is 0 Å². The first-order chi connectivity index (χ1) is 6.03. The first-order valence-corrected chi connectivity index (χ1v) is 3.78. The summed E-state index contributed by atoms with van der Waals surface area (Å²) < 4.78 is 39.3. The normalized spacial score (nSPS) is 11.4. The van der Waals surface area contributed by atoms with Gasteiger partial charge in [-0.05, 0) is 18.6 Å². The third-order valence-electron chi connectivity index (χ3n) is 1.48. The average molecular weight is 189 g/mol. The van der Waals surface area contributed by atoms with Crippen LogP contribution in [0.25, 0.3) is 0 Å². The van der Waals surface area contributed by atoms with Crippen molar-refractivity contribution in [2.45, 2.75) is 19.7 Å². The lowest BCUT2D eigenvalue weighted by atomic mass is 10.1. The van der Waals surface area contributed by atoms with E-state index in [9.17, 15) is 13.2 Å². The van der Waals surface area contributed by atoms with Gasteiger partial charge in [0.15, 0.2) is 0 Å². The number of benzene rings is 1. The van der Waals surface area contributed by atoms with E-state index in [2.05, 4.69) is 10.8 Å². The van der Waals surface area contributed by atoms with Gasteiger partial charge < -0.3 is 4.74 Å². The largest absolute Gasteiger partial charge is 0.573 e. The van der Waals surface area contributed by atoms with Gasteiger partial charge in [-0.1, -0.05) is 19.1 Å². The molecule has 0 spiro atoms. The van der Waals surface area contributed by atoms with Crippen LogP contribution in [0.2, 0.25) is 0 Å². The second-order valence-electron chi connectivity index (χ2n) is 2.41. The van der Waals surface area contributed by atoms with Gasteiger partial charge in [-0.2, -0.15) is 0 Å². The Morgan fingerprint density at radius 1 is 1.46 bits per heavy atom. The van der Waals surface area contributed by atoms with Crippen LogP contribution in [0.1, 0.15) is 12.5 Å². The predicted molar refractivity (Wildman–Crippen MR) is 41.3 cm³/mol. The number of halogens is 3. The molecule has 0 aliphatic heterocycles. The fraction of sp³-hybridized carbons (Fsp3) is 0.333. The van der Waals surface area contributed by atoms with E-state index in [0.29, 0.717) is 12.0 Å². The lowest BCUT2D eigenvalue weighted by Gasteiger charge is -2.11. The van der Waals surface area contributed by atoms with Gasteiger partial charge >= 0.3 is 6.36 Å². The second-order valence-corrected chi connectivity index (χ2v) is 2.41. The minimum Gasteiger partial charge on any atom is -0.405 e. The first-order valence-electron chi connectivity index (χ1n) is 3.78. The fourth-order valence-electron chi connectivity index (χ4n) is 0.953. The van der Waals surface area contributed by atoms with Gasteiger partial charge in [0.1, 0.15) is 5.75 Å². The number of hydrogen-bond donors (Lipinski definition) is 0. The topological polar surface area (TPSA) is 9.23 Å². The molecule has 0 saturated heterocycles. The van der Waals surface area contributed by atoms with E-state index in [1.54, 1.807) is 13.0 Å². The van der Waals surface area contributed by atoms with E-state index in [0.717, 1.165) is 0 Å². The molecule has 4 heteroatoms. The van der Waals surface area contributed by atoms with Crippen molar-refractivity contribution in [3.05, 3.63) is 29.8 Å². The fourth-order valence-corrected chi connectivity index (χ4v) is 0.953. The van der Waals surface area contributed by atoms with Crippen LogP contribution in [-0.4, -0.2) is 6.36 Å². The van der Waals surface area contributed by atoms with Crippen LogP contribution in [0.15, 0.2) is 18.2 Å². The van der Waals surface area contributed by atoms with Crippen molar-refractivity contribution in [1.82, 2.24) is 0 Å². The molecule has 0 unspecified atom stereocenters. The van der Waals surface area contributed by atoms with Crippen molar-refractivity contribution >= 4 is 0 Å². The highest BCUT2D eigenvalue weighted by atomic mass is 19.4. The minimum absolute atomic E-state index is 0.169. The summed E-state index contributed by atoms with van der Waals surface area (Å²) in [6, 6.07) is 6.98. The van der Waals surface area contributed by atoms with Crippen LogP contribution < -0.4 is 4.74 Å². The Hall–Kier alpha value is -1.19. The van der Waals surface area contributed by atoms with E-state index >= 15 is 0 Å². The molecule has 0 atom stereocenters. The van der Waals surface area contributed by atoms with Crippen molar-refractivity contribution < 1.29 is 17.9 Å². The molecule has 0 fully saturated rings. The Bertz CT molecular complexity index is 280.